The van der Waals surface area contributed by atoms with E-state index in [1.807, 2.05) is 46.2 Å². The first-order valence-electron chi connectivity index (χ1n) is 12.6. The molecule has 1 amide bonds. The summed E-state index contributed by atoms with van der Waals surface area (Å²) in [4.78, 5) is 17.1. The highest BCUT2D eigenvalue weighted by Crippen LogP contribution is 2.27. The number of hydrogen-bond donors (Lipinski definition) is 0. The molecule has 1 aliphatic heterocycles. The van der Waals surface area contributed by atoms with E-state index in [-0.39, 0.29) is 11.7 Å². The van der Waals surface area contributed by atoms with Gasteiger partial charge >= 0.3 is 0 Å². The van der Waals surface area contributed by atoms with Gasteiger partial charge in [-0.3, -0.25) is 9.36 Å². The summed E-state index contributed by atoms with van der Waals surface area (Å²) in [6.45, 7) is 8.87. The zero-order valence-electron chi connectivity index (χ0n) is 21.4. The highest BCUT2D eigenvalue weighted by molar-refractivity contribution is 7.98. The summed E-state index contributed by atoms with van der Waals surface area (Å²) >= 11 is 1.59. The molecule has 8 heteroatoms. The van der Waals surface area contributed by atoms with Crippen LogP contribution in [0.5, 0.6) is 0 Å². The standard InChI is InChI=1S/C30H30FN5OS/c1-3-15-36-28(24-13-11-22(2)12-14-24)32-33-30(36)38-21-23-7-6-8-25(20-23)29(37)35-18-16-34(17-19-35)27-10-5-4-9-26(27)31/h3-14,20H,1,15-19,21H2,2H3. The average molecular weight is 528 g/mol. The topological polar surface area (TPSA) is 54.3 Å². The van der Waals surface area contributed by atoms with Gasteiger partial charge in [0, 0.05) is 49.6 Å². The Labute approximate surface area is 226 Å². The van der Waals surface area contributed by atoms with Crippen molar-refractivity contribution >= 4 is 23.4 Å². The lowest BCUT2D eigenvalue weighted by molar-refractivity contribution is 0.0746. The first-order valence-corrected chi connectivity index (χ1v) is 13.6. The lowest BCUT2D eigenvalue weighted by atomic mass is 10.1. The van der Waals surface area contributed by atoms with Crippen LogP contribution in [0.4, 0.5) is 10.1 Å². The van der Waals surface area contributed by atoms with Crippen molar-refractivity contribution in [3.05, 3.63) is 108 Å². The highest BCUT2D eigenvalue weighted by atomic mass is 32.2. The second-order valence-corrected chi connectivity index (χ2v) is 10.2. The molecule has 0 radical (unpaired) electrons. The minimum absolute atomic E-state index is 0.00140. The molecule has 4 aromatic rings. The molecule has 0 bridgehead atoms. The Morgan fingerprint density at radius 3 is 2.50 bits per heavy atom. The number of piperazine rings is 1. The van der Waals surface area contributed by atoms with Crippen LogP contribution in [0.2, 0.25) is 0 Å². The first kappa shape index (κ1) is 25.7. The average Bonchev–Trinajstić information content (AvgIpc) is 3.35. The van der Waals surface area contributed by atoms with E-state index in [1.165, 1.54) is 11.6 Å². The van der Waals surface area contributed by atoms with Crippen LogP contribution in [0.1, 0.15) is 21.5 Å². The van der Waals surface area contributed by atoms with E-state index in [1.54, 1.807) is 23.9 Å². The number of carbonyl (C=O) groups is 1. The maximum Gasteiger partial charge on any atom is 0.253 e. The van der Waals surface area contributed by atoms with Crippen molar-refractivity contribution < 1.29 is 9.18 Å². The molecule has 0 spiro atoms. The Bertz CT molecular complexity index is 1430. The van der Waals surface area contributed by atoms with Gasteiger partial charge in [-0.1, -0.05) is 71.9 Å². The monoisotopic (exact) mass is 527 g/mol. The van der Waals surface area contributed by atoms with Crippen molar-refractivity contribution in [1.82, 2.24) is 19.7 Å². The molecule has 0 unspecified atom stereocenters. The summed E-state index contributed by atoms with van der Waals surface area (Å²) in [5.41, 5.74) is 4.50. The van der Waals surface area contributed by atoms with Crippen LogP contribution in [-0.4, -0.2) is 51.8 Å². The van der Waals surface area contributed by atoms with Gasteiger partial charge < -0.3 is 9.80 Å². The van der Waals surface area contributed by atoms with Crippen LogP contribution in [0.25, 0.3) is 11.4 Å². The van der Waals surface area contributed by atoms with Crippen molar-refractivity contribution in [2.75, 3.05) is 31.1 Å². The van der Waals surface area contributed by atoms with Crippen molar-refractivity contribution in [1.29, 1.82) is 0 Å². The van der Waals surface area contributed by atoms with Crippen LogP contribution in [0.15, 0.2) is 90.6 Å². The Morgan fingerprint density at radius 2 is 1.76 bits per heavy atom. The SMILES string of the molecule is C=CCn1c(SCc2cccc(C(=O)N3CCN(c4ccccc4F)CC3)c2)nnc1-c1ccc(C)cc1. The fourth-order valence-corrected chi connectivity index (χ4v) is 5.48. The number of para-hydroxylation sites is 1. The number of aryl methyl sites for hydroxylation is 1. The molecular formula is C30H30FN5OS. The van der Waals surface area contributed by atoms with Gasteiger partial charge in [-0.25, -0.2) is 4.39 Å². The molecule has 6 nitrogen and oxygen atoms in total. The molecule has 0 atom stereocenters. The summed E-state index contributed by atoms with van der Waals surface area (Å²) in [5, 5.41) is 9.69. The molecule has 5 rings (SSSR count). The van der Waals surface area contributed by atoms with Gasteiger partial charge in [0.2, 0.25) is 0 Å². The molecular weight excluding hydrogens is 497 g/mol. The van der Waals surface area contributed by atoms with E-state index < -0.39 is 0 Å². The Morgan fingerprint density at radius 1 is 1.00 bits per heavy atom. The third-order valence-electron chi connectivity index (χ3n) is 6.64. The number of carbonyl (C=O) groups excluding carboxylic acids is 1. The van der Waals surface area contributed by atoms with Gasteiger partial charge in [0.05, 0.1) is 5.69 Å². The minimum atomic E-state index is -0.229. The minimum Gasteiger partial charge on any atom is -0.366 e. The summed E-state index contributed by atoms with van der Waals surface area (Å²) < 4.78 is 16.2. The molecule has 1 aliphatic rings. The van der Waals surface area contributed by atoms with Gasteiger partial charge in [0.25, 0.3) is 5.91 Å². The number of anilines is 1. The predicted molar refractivity (Wildman–Crippen MR) is 151 cm³/mol. The maximum atomic E-state index is 14.2. The Balaban J connectivity index is 1.24. The van der Waals surface area contributed by atoms with E-state index in [9.17, 15) is 9.18 Å². The molecule has 1 fully saturated rings. The van der Waals surface area contributed by atoms with Gasteiger partial charge in [-0.05, 0) is 36.8 Å². The molecule has 1 saturated heterocycles. The fraction of sp³-hybridized carbons (Fsp3) is 0.233. The van der Waals surface area contributed by atoms with Crippen molar-refractivity contribution in [3.8, 4) is 11.4 Å². The van der Waals surface area contributed by atoms with Crippen molar-refractivity contribution in [2.24, 2.45) is 0 Å². The number of allylic oxidation sites excluding steroid dienone is 1. The van der Waals surface area contributed by atoms with Crippen LogP contribution < -0.4 is 4.90 Å². The lowest BCUT2D eigenvalue weighted by Gasteiger charge is -2.36. The number of thioether (sulfide) groups is 1. The van der Waals surface area contributed by atoms with E-state index in [0.717, 1.165) is 22.1 Å². The lowest BCUT2D eigenvalue weighted by Crippen LogP contribution is -2.49. The zero-order chi connectivity index (χ0) is 26.5. The molecule has 0 aliphatic carbocycles. The number of amides is 1. The van der Waals surface area contributed by atoms with Crippen LogP contribution in [0.3, 0.4) is 0 Å². The van der Waals surface area contributed by atoms with Crippen LogP contribution >= 0.6 is 11.8 Å². The number of benzene rings is 3. The number of halogens is 1. The second-order valence-electron chi connectivity index (χ2n) is 9.29. The van der Waals surface area contributed by atoms with Crippen molar-refractivity contribution in [2.45, 2.75) is 24.4 Å². The number of nitrogens with zero attached hydrogens (tertiary/aromatic N) is 5. The molecule has 194 valence electrons. The summed E-state index contributed by atoms with van der Waals surface area (Å²) in [6, 6.07) is 22.8. The number of aromatic nitrogens is 3. The molecule has 0 saturated carbocycles. The van der Waals surface area contributed by atoms with Gasteiger partial charge in [0.15, 0.2) is 11.0 Å². The summed E-state index contributed by atoms with van der Waals surface area (Å²) in [6.07, 6.45) is 1.84. The molecule has 3 aromatic carbocycles. The largest absolute Gasteiger partial charge is 0.366 e. The van der Waals surface area contributed by atoms with Crippen molar-refractivity contribution in [3.63, 3.8) is 0 Å². The number of hydrogen-bond acceptors (Lipinski definition) is 5. The van der Waals surface area contributed by atoms with Crippen LogP contribution in [0, 0.1) is 12.7 Å². The van der Waals surface area contributed by atoms with E-state index in [4.69, 9.17) is 0 Å². The second kappa shape index (κ2) is 11.6. The summed E-state index contributed by atoms with van der Waals surface area (Å²) in [5.74, 6) is 1.24. The third kappa shape index (κ3) is 5.65. The summed E-state index contributed by atoms with van der Waals surface area (Å²) in [7, 11) is 0. The molecule has 38 heavy (non-hydrogen) atoms. The Kier molecular flexibility index (Phi) is 7.89. The predicted octanol–water partition coefficient (Wildman–Crippen LogP) is 5.83. The third-order valence-corrected chi connectivity index (χ3v) is 7.68. The zero-order valence-corrected chi connectivity index (χ0v) is 22.2. The normalized spacial score (nSPS) is 13.5. The van der Waals surface area contributed by atoms with E-state index in [0.29, 0.717) is 49.7 Å². The quantitative estimate of drug-likeness (QED) is 0.213. The van der Waals surface area contributed by atoms with E-state index in [2.05, 4.69) is 52.5 Å². The molecule has 2 heterocycles. The molecule has 0 N–H and O–H groups in total. The smallest absolute Gasteiger partial charge is 0.253 e. The number of rotatable bonds is 8. The fourth-order valence-electron chi connectivity index (χ4n) is 4.59. The highest BCUT2D eigenvalue weighted by Gasteiger charge is 2.24. The van der Waals surface area contributed by atoms with Gasteiger partial charge in [-0.2, -0.15) is 0 Å². The first-order chi connectivity index (χ1) is 18.5. The van der Waals surface area contributed by atoms with Gasteiger partial charge in [-0.15, -0.1) is 16.8 Å². The Hall–Kier alpha value is -3.91. The van der Waals surface area contributed by atoms with E-state index >= 15 is 0 Å². The maximum absolute atomic E-state index is 14.2. The van der Waals surface area contributed by atoms with Crippen LogP contribution in [-0.2, 0) is 12.3 Å². The molecule has 1 aromatic heterocycles. The van der Waals surface area contributed by atoms with Gasteiger partial charge in [0.1, 0.15) is 5.82 Å².